The van der Waals surface area contributed by atoms with E-state index in [2.05, 4.69) is 41.6 Å². The second-order valence-electron chi connectivity index (χ2n) is 7.46. The quantitative estimate of drug-likeness (QED) is 0.526. The molecule has 0 saturated carbocycles. The summed E-state index contributed by atoms with van der Waals surface area (Å²) in [5.74, 6) is 1.13. The molecule has 1 N–H and O–H groups in total. The smallest absolute Gasteiger partial charge is 0.248 e. The van der Waals surface area contributed by atoms with E-state index in [4.69, 9.17) is 14.2 Å². The highest BCUT2D eigenvalue weighted by molar-refractivity contribution is 6.02. The average molecular weight is 436 g/mol. The molecule has 2 aromatic carbocycles. The van der Waals surface area contributed by atoms with Gasteiger partial charge in [-0.3, -0.25) is 9.48 Å². The summed E-state index contributed by atoms with van der Waals surface area (Å²) < 4.78 is 17.9. The van der Waals surface area contributed by atoms with Crippen molar-refractivity contribution in [1.29, 1.82) is 0 Å². The van der Waals surface area contributed by atoms with E-state index >= 15 is 0 Å². The van der Waals surface area contributed by atoms with Crippen molar-refractivity contribution in [2.24, 2.45) is 0 Å². The zero-order valence-electron chi connectivity index (χ0n) is 19.4. The maximum atomic E-state index is 12.6. The molecule has 32 heavy (non-hydrogen) atoms. The van der Waals surface area contributed by atoms with Gasteiger partial charge in [-0.05, 0) is 32.4 Å². The van der Waals surface area contributed by atoms with Gasteiger partial charge < -0.3 is 19.5 Å². The molecular formula is C25H29N3O4. The molecule has 0 atom stereocenters. The number of benzene rings is 2. The van der Waals surface area contributed by atoms with E-state index < -0.39 is 0 Å². The van der Waals surface area contributed by atoms with Crippen LogP contribution in [0.5, 0.6) is 17.2 Å². The van der Waals surface area contributed by atoms with Crippen LogP contribution in [0.4, 0.5) is 5.69 Å². The number of aryl methyl sites for hydroxylation is 2. The molecule has 1 amide bonds. The summed E-state index contributed by atoms with van der Waals surface area (Å²) in [5.41, 5.74) is 5.74. The third-order valence-corrected chi connectivity index (χ3v) is 5.22. The molecule has 0 aliphatic heterocycles. The van der Waals surface area contributed by atoms with Crippen LogP contribution < -0.4 is 19.5 Å². The SMILES string of the molecule is COc1cc(NC(=O)/C=C/c2c(C)nn(Cc3ccc(C)cc3)c2C)cc(OC)c1OC. The number of aromatic nitrogens is 2. The third-order valence-electron chi connectivity index (χ3n) is 5.22. The van der Waals surface area contributed by atoms with Gasteiger partial charge >= 0.3 is 0 Å². The van der Waals surface area contributed by atoms with Crippen molar-refractivity contribution in [3.63, 3.8) is 0 Å². The van der Waals surface area contributed by atoms with Crippen LogP contribution in [0.15, 0.2) is 42.5 Å². The number of nitrogens with zero attached hydrogens (tertiary/aromatic N) is 2. The van der Waals surface area contributed by atoms with Gasteiger partial charge in [0.05, 0.1) is 33.6 Å². The van der Waals surface area contributed by atoms with Gasteiger partial charge in [0.25, 0.3) is 0 Å². The highest BCUT2D eigenvalue weighted by Gasteiger charge is 2.14. The summed E-state index contributed by atoms with van der Waals surface area (Å²) in [7, 11) is 4.59. The van der Waals surface area contributed by atoms with E-state index in [1.165, 1.54) is 38.5 Å². The van der Waals surface area contributed by atoms with E-state index in [-0.39, 0.29) is 5.91 Å². The number of rotatable bonds is 8. The summed E-state index contributed by atoms with van der Waals surface area (Å²) >= 11 is 0. The molecule has 0 aliphatic rings. The standard InChI is InChI=1S/C25H29N3O4/c1-16-7-9-19(10-8-16)15-28-18(3)21(17(2)27-28)11-12-24(29)26-20-13-22(30-4)25(32-6)23(14-20)31-5/h7-14H,15H2,1-6H3,(H,26,29)/b12-11+. The predicted molar refractivity (Wildman–Crippen MR) is 126 cm³/mol. The molecular weight excluding hydrogens is 406 g/mol. The lowest BCUT2D eigenvalue weighted by molar-refractivity contribution is -0.111. The Kier molecular flexibility index (Phi) is 7.20. The van der Waals surface area contributed by atoms with E-state index in [1.807, 2.05) is 18.5 Å². The fourth-order valence-electron chi connectivity index (χ4n) is 3.47. The Morgan fingerprint density at radius 1 is 1.00 bits per heavy atom. The minimum atomic E-state index is -0.274. The number of ether oxygens (including phenoxy) is 3. The van der Waals surface area contributed by atoms with Crippen LogP contribution in [0.25, 0.3) is 6.08 Å². The van der Waals surface area contributed by atoms with Gasteiger partial charge in [0, 0.05) is 35.2 Å². The highest BCUT2D eigenvalue weighted by Crippen LogP contribution is 2.39. The first-order valence-electron chi connectivity index (χ1n) is 10.2. The molecule has 168 valence electrons. The molecule has 0 aliphatic carbocycles. The van der Waals surface area contributed by atoms with Crippen molar-refractivity contribution >= 4 is 17.7 Å². The molecule has 0 radical (unpaired) electrons. The van der Waals surface area contributed by atoms with Gasteiger partial charge in [0.15, 0.2) is 11.5 Å². The number of carbonyl (C=O) groups excluding carboxylic acids is 1. The minimum Gasteiger partial charge on any atom is -0.493 e. The number of hydrogen-bond donors (Lipinski definition) is 1. The van der Waals surface area contributed by atoms with Crippen molar-refractivity contribution < 1.29 is 19.0 Å². The topological polar surface area (TPSA) is 74.6 Å². The molecule has 0 unspecified atom stereocenters. The zero-order chi connectivity index (χ0) is 23.3. The van der Waals surface area contributed by atoms with E-state index in [0.29, 0.717) is 29.5 Å². The molecule has 0 fully saturated rings. The molecule has 3 aromatic rings. The predicted octanol–water partition coefficient (Wildman–Crippen LogP) is 4.53. The molecule has 1 aromatic heterocycles. The minimum absolute atomic E-state index is 0.274. The summed E-state index contributed by atoms with van der Waals surface area (Å²) in [4.78, 5) is 12.6. The van der Waals surface area contributed by atoms with Gasteiger partial charge in [0.1, 0.15) is 0 Å². The Balaban J connectivity index is 1.76. The first-order valence-corrected chi connectivity index (χ1v) is 10.2. The van der Waals surface area contributed by atoms with Crippen molar-refractivity contribution in [3.05, 3.63) is 70.6 Å². The Hall–Kier alpha value is -3.74. The van der Waals surface area contributed by atoms with Gasteiger partial charge in [-0.25, -0.2) is 0 Å². The first-order chi connectivity index (χ1) is 15.4. The van der Waals surface area contributed by atoms with E-state index in [9.17, 15) is 4.79 Å². The van der Waals surface area contributed by atoms with Crippen LogP contribution in [-0.4, -0.2) is 37.0 Å². The lowest BCUT2D eigenvalue weighted by Gasteiger charge is -2.14. The van der Waals surface area contributed by atoms with Crippen molar-refractivity contribution in [3.8, 4) is 17.2 Å². The molecule has 0 bridgehead atoms. The monoisotopic (exact) mass is 435 g/mol. The molecule has 3 rings (SSSR count). The molecule has 7 heteroatoms. The molecule has 7 nitrogen and oxygen atoms in total. The number of carbonyl (C=O) groups is 1. The summed E-state index contributed by atoms with van der Waals surface area (Å²) in [6.45, 7) is 6.69. The molecule has 0 spiro atoms. The molecule has 1 heterocycles. The van der Waals surface area contributed by atoms with Crippen LogP contribution >= 0.6 is 0 Å². The third kappa shape index (κ3) is 5.11. The number of anilines is 1. The first kappa shape index (κ1) is 22.9. The van der Waals surface area contributed by atoms with Crippen LogP contribution in [0, 0.1) is 20.8 Å². The van der Waals surface area contributed by atoms with Gasteiger partial charge in [-0.2, -0.15) is 5.10 Å². The van der Waals surface area contributed by atoms with Crippen LogP contribution in [0.2, 0.25) is 0 Å². The average Bonchev–Trinajstić information content (AvgIpc) is 3.05. The van der Waals surface area contributed by atoms with Crippen molar-refractivity contribution in [2.45, 2.75) is 27.3 Å². The number of hydrogen-bond acceptors (Lipinski definition) is 5. The summed E-state index contributed by atoms with van der Waals surface area (Å²) in [5, 5.41) is 7.48. The Morgan fingerprint density at radius 3 is 2.19 bits per heavy atom. The zero-order valence-corrected chi connectivity index (χ0v) is 19.4. The summed E-state index contributed by atoms with van der Waals surface area (Å²) in [6.07, 6.45) is 3.28. The largest absolute Gasteiger partial charge is 0.493 e. The normalized spacial score (nSPS) is 10.9. The maximum absolute atomic E-state index is 12.6. The Labute approximate surface area is 188 Å². The van der Waals surface area contributed by atoms with Crippen LogP contribution in [0.3, 0.4) is 0 Å². The molecule has 0 saturated heterocycles. The number of amides is 1. The van der Waals surface area contributed by atoms with E-state index in [1.54, 1.807) is 18.2 Å². The highest BCUT2D eigenvalue weighted by atomic mass is 16.5. The Bertz CT molecular complexity index is 1110. The second kappa shape index (κ2) is 10.0. The van der Waals surface area contributed by atoms with E-state index in [0.717, 1.165) is 17.0 Å². The van der Waals surface area contributed by atoms with Crippen molar-refractivity contribution in [1.82, 2.24) is 9.78 Å². The summed E-state index contributed by atoms with van der Waals surface area (Å²) in [6, 6.07) is 11.8. The Morgan fingerprint density at radius 2 is 1.62 bits per heavy atom. The number of methoxy groups -OCH3 is 3. The van der Waals surface area contributed by atoms with Crippen LogP contribution in [-0.2, 0) is 11.3 Å². The lowest BCUT2D eigenvalue weighted by Crippen LogP contribution is -2.08. The lowest BCUT2D eigenvalue weighted by atomic mass is 10.1. The maximum Gasteiger partial charge on any atom is 0.248 e. The van der Waals surface area contributed by atoms with Gasteiger partial charge in [-0.1, -0.05) is 29.8 Å². The van der Waals surface area contributed by atoms with Gasteiger partial charge in [-0.15, -0.1) is 0 Å². The fourth-order valence-corrected chi connectivity index (χ4v) is 3.47. The second-order valence-corrected chi connectivity index (χ2v) is 7.46. The number of nitrogens with one attached hydrogen (secondary N) is 1. The fraction of sp³-hybridized carbons (Fsp3) is 0.280. The van der Waals surface area contributed by atoms with Crippen molar-refractivity contribution in [2.75, 3.05) is 26.6 Å². The van der Waals surface area contributed by atoms with Gasteiger partial charge in [0.2, 0.25) is 11.7 Å². The van der Waals surface area contributed by atoms with Crippen LogP contribution in [0.1, 0.15) is 28.1 Å².